The molecule has 0 spiro atoms. The molecule has 1 fully saturated rings. The first kappa shape index (κ1) is 12.6. The van der Waals surface area contributed by atoms with Crippen LogP contribution >= 0.6 is 0 Å². The standard InChI is InChI=1S/C15H21N3O/c16-13-6-3-7-18(10-13)14(19)15(17)8-11-4-1-2-5-12(11)9-15/h1-2,4-5,13H,3,6-10,16-17H2. The van der Waals surface area contributed by atoms with Crippen LogP contribution < -0.4 is 11.5 Å². The van der Waals surface area contributed by atoms with Gasteiger partial charge in [0.25, 0.3) is 0 Å². The van der Waals surface area contributed by atoms with Crippen molar-refractivity contribution in [3.63, 3.8) is 0 Å². The van der Waals surface area contributed by atoms with Gasteiger partial charge in [-0.05, 0) is 36.8 Å². The van der Waals surface area contributed by atoms with Gasteiger partial charge in [0.05, 0.1) is 0 Å². The van der Waals surface area contributed by atoms with Gasteiger partial charge in [-0.1, -0.05) is 24.3 Å². The molecule has 4 heteroatoms. The summed E-state index contributed by atoms with van der Waals surface area (Å²) in [7, 11) is 0. The summed E-state index contributed by atoms with van der Waals surface area (Å²) >= 11 is 0. The highest BCUT2D eigenvalue weighted by molar-refractivity contribution is 5.88. The van der Waals surface area contributed by atoms with Gasteiger partial charge in [0.2, 0.25) is 5.91 Å². The van der Waals surface area contributed by atoms with Gasteiger partial charge in [-0.25, -0.2) is 0 Å². The van der Waals surface area contributed by atoms with Crippen LogP contribution in [0.4, 0.5) is 0 Å². The third-order valence-corrected chi connectivity index (χ3v) is 4.30. The zero-order valence-electron chi connectivity index (χ0n) is 11.1. The largest absolute Gasteiger partial charge is 0.340 e. The molecule has 4 nitrogen and oxygen atoms in total. The van der Waals surface area contributed by atoms with E-state index >= 15 is 0 Å². The first-order valence-corrected chi connectivity index (χ1v) is 6.99. The molecule has 1 aromatic carbocycles. The lowest BCUT2D eigenvalue weighted by molar-refractivity contribution is -0.137. The molecule has 1 aromatic rings. The second kappa shape index (κ2) is 4.62. The van der Waals surface area contributed by atoms with E-state index in [0.29, 0.717) is 19.4 Å². The van der Waals surface area contributed by atoms with Crippen molar-refractivity contribution >= 4 is 5.91 Å². The molecule has 0 aromatic heterocycles. The predicted molar refractivity (Wildman–Crippen MR) is 74.6 cm³/mol. The van der Waals surface area contributed by atoms with Gasteiger partial charge in [-0.3, -0.25) is 4.79 Å². The molecule has 1 aliphatic heterocycles. The van der Waals surface area contributed by atoms with Crippen LogP contribution in [0, 0.1) is 0 Å². The fourth-order valence-electron chi connectivity index (χ4n) is 3.31. The maximum atomic E-state index is 12.7. The van der Waals surface area contributed by atoms with Crippen molar-refractivity contribution in [1.29, 1.82) is 0 Å². The number of nitrogens with zero attached hydrogens (tertiary/aromatic N) is 1. The second-order valence-electron chi connectivity index (χ2n) is 5.93. The van der Waals surface area contributed by atoms with Gasteiger partial charge in [-0.15, -0.1) is 0 Å². The Balaban J connectivity index is 1.77. The van der Waals surface area contributed by atoms with E-state index in [9.17, 15) is 4.79 Å². The molecule has 0 saturated carbocycles. The number of carbonyl (C=O) groups excluding carboxylic acids is 1. The summed E-state index contributed by atoms with van der Waals surface area (Å²) in [6.07, 6.45) is 3.28. The summed E-state index contributed by atoms with van der Waals surface area (Å²) in [4.78, 5) is 14.5. The van der Waals surface area contributed by atoms with Crippen LogP contribution in [-0.4, -0.2) is 35.5 Å². The normalized spacial score (nSPS) is 25.2. The van der Waals surface area contributed by atoms with Crippen molar-refractivity contribution in [3.8, 4) is 0 Å². The minimum absolute atomic E-state index is 0.0684. The maximum Gasteiger partial charge on any atom is 0.243 e. The fourth-order valence-corrected chi connectivity index (χ4v) is 3.31. The Hall–Kier alpha value is -1.39. The fraction of sp³-hybridized carbons (Fsp3) is 0.533. The van der Waals surface area contributed by atoms with Crippen LogP contribution in [0.1, 0.15) is 24.0 Å². The molecule has 0 bridgehead atoms. The highest BCUT2D eigenvalue weighted by Gasteiger charge is 2.43. The van der Waals surface area contributed by atoms with Crippen molar-refractivity contribution in [3.05, 3.63) is 35.4 Å². The summed E-state index contributed by atoms with van der Waals surface area (Å²) in [5, 5.41) is 0. The topological polar surface area (TPSA) is 72.3 Å². The summed E-state index contributed by atoms with van der Waals surface area (Å²) in [5.41, 5.74) is 14.0. The van der Waals surface area contributed by atoms with Gasteiger partial charge < -0.3 is 16.4 Å². The van der Waals surface area contributed by atoms with Crippen molar-refractivity contribution in [1.82, 2.24) is 4.90 Å². The lowest BCUT2D eigenvalue weighted by Gasteiger charge is -2.36. The zero-order valence-corrected chi connectivity index (χ0v) is 11.1. The average Bonchev–Trinajstić information content (AvgIpc) is 2.75. The number of benzene rings is 1. The molecule has 1 saturated heterocycles. The first-order chi connectivity index (χ1) is 9.08. The number of amides is 1. The third kappa shape index (κ3) is 2.26. The summed E-state index contributed by atoms with van der Waals surface area (Å²) in [5.74, 6) is 0.0684. The predicted octanol–water partition coefficient (Wildman–Crippen LogP) is 0.432. The van der Waals surface area contributed by atoms with Gasteiger partial charge in [0, 0.05) is 19.1 Å². The molecule has 19 heavy (non-hydrogen) atoms. The van der Waals surface area contributed by atoms with E-state index < -0.39 is 5.54 Å². The Morgan fingerprint density at radius 3 is 2.47 bits per heavy atom. The Morgan fingerprint density at radius 1 is 1.26 bits per heavy atom. The molecule has 2 aliphatic rings. The second-order valence-corrected chi connectivity index (χ2v) is 5.93. The Kier molecular flexibility index (Phi) is 3.07. The van der Waals surface area contributed by atoms with Crippen LogP contribution in [0.5, 0.6) is 0 Å². The van der Waals surface area contributed by atoms with E-state index in [1.807, 2.05) is 17.0 Å². The highest BCUT2D eigenvalue weighted by atomic mass is 16.2. The van der Waals surface area contributed by atoms with Crippen LogP contribution in [-0.2, 0) is 17.6 Å². The molecule has 4 N–H and O–H groups in total. The minimum atomic E-state index is -0.763. The van der Waals surface area contributed by atoms with Crippen LogP contribution in [0.2, 0.25) is 0 Å². The lowest BCUT2D eigenvalue weighted by atomic mass is 9.93. The number of hydrogen-bond donors (Lipinski definition) is 2. The summed E-state index contributed by atoms with van der Waals surface area (Å²) in [6.45, 7) is 1.44. The quantitative estimate of drug-likeness (QED) is 0.768. The number of likely N-dealkylation sites (tertiary alicyclic amines) is 1. The Labute approximate surface area is 113 Å². The number of fused-ring (bicyclic) bond motifs is 1. The number of rotatable bonds is 1. The summed E-state index contributed by atoms with van der Waals surface area (Å²) < 4.78 is 0. The number of nitrogens with two attached hydrogens (primary N) is 2. The lowest BCUT2D eigenvalue weighted by Crippen LogP contribution is -2.59. The van der Waals surface area contributed by atoms with Gasteiger partial charge in [0.1, 0.15) is 5.54 Å². The van der Waals surface area contributed by atoms with E-state index in [2.05, 4.69) is 12.1 Å². The van der Waals surface area contributed by atoms with E-state index in [4.69, 9.17) is 11.5 Å². The molecule has 1 atom stereocenters. The molecule has 1 amide bonds. The molecule has 1 heterocycles. The average molecular weight is 259 g/mol. The zero-order chi connectivity index (χ0) is 13.5. The van der Waals surface area contributed by atoms with E-state index in [-0.39, 0.29) is 11.9 Å². The Bertz CT molecular complexity index is 475. The van der Waals surface area contributed by atoms with Crippen molar-refractivity contribution in [2.24, 2.45) is 11.5 Å². The number of hydrogen-bond acceptors (Lipinski definition) is 3. The molecule has 1 aliphatic carbocycles. The molecule has 102 valence electrons. The van der Waals surface area contributed by atoms with Crippen LogP contribution in [0.25, 0.3) is 0 Å². The molecular weight excluding hydrogens is 238 g/mol. The maximum absolute atomic E-state index is 12.7. The van der Waals surface area contributed by atoms with Crippen molar-refractivity contribution < 1.29 is 4.79 Å². The van der Waals surface area contributed by atoms with E-state index in [0.717, 1.165) is 19.4 Å². The highest BCUT2D eigenvalue weighted by Crippen LogP contribution is 2.30. The minimum Gasteiger partial charge on any atom is -0.340 e. The SMILES string of the molecule is NC1CCCN(C(=O)C2(N)Cc3ccccc3C2)C1. The smallest absolute Gasteiger partial charge is 0.243 e. The Morgan fingerprint density at radius 2 is 1.89 bits per heavy atom. The van der Waals surface area contributed by atoms with Crippen molar-refractivity contribution in [2.75, 3.05) is 13.1 Å². The first-order valence-electron chi connectivity index (χ1n) is 6.99. The van der Waals surface area contributed by atoms with Crippen LogP contribution in [0.15, 0.2) is 24.3 Å². The monoisotopic (exact) mass is 259 g/mol. The van der Waals surface area contributed by atoms with E-state index in [1.165, 1.54) is 11.1 Å². The molecule has 3 rings (SSSR count). The van der Waals surface area contributed by atoms with Crippen molar-refractivity contribution in [2.45, 2.75) is 37.3 Å². The van der Waals surface area contributed by atoms with Gasteiger partial charge in [0.15, 0.2) is 0 Å². The molecule has 0 radical (unpaired) electrons. The van der Waals surface area contributed by atoms with E-state index in [1.54, 1.807) is 0 Å². The number of carbonyl (C=O) groups is 1. The van der Waals surface area contributed by atoms with Gasteiger partial charge >= 0.3 is 0 Å². The third-order valence-electron chi connectivity index (χ3n) is 4.30. The molecular formula is C15H21N3O. The summed E-state index contributed by atoms with van der Waals surface area (Å²) in [6, 6.07) is 8.25. The van der Waals surface area contributed by atoms with Gasteiger partial charge in [-0.2, -0.15) is 0 Å². The van der Waals surface area contributed by atoms with Crippen LogP contribution in [0.3, 0.4) is 0 Å². The molecule has 1 unspecified atom stereocenters. The number of piperidine rings is 1.